The number of methoxy groups -OCH3 is 1. The van der Waals surface area contributed by atoms with Crippen molar-refractivity contribution in [2.75, 3.05) is 13.7 Å². The largest absolute Gasteiger partial charge is 0.497 e. The molecule has 0 fully saturated rings. The van der Waals surface area contributed by atoms with Crippen LogP contribution in [0, 0.1) is 6.92 Å². The molecule has 0 aliphatic rings. The van der Waals surface area contributed by atoms with Crippen LogP contribution in [-0.2, 0) is 16.0 Å². The van der Waals surface area contributed by atoms with Gasteiger partial charge in [-0.3, -0.25) is 0 Å². The summed E-state index contributed by atoms with van der Waals surface area (Å²) in [7, 11) is 1.70. The number of rotatable bonds is 7. The zero-order chi connectivity index (χ0) is 18.5. The Morgan fingerprint density at radius 2 is 1.85 bits per heavy atom. The lowest BCUT2D eigenvalue weighted by atomic mass is 9.95. The summed E-state index contributed by atoms with van der Waals surface area (Å²) in [5, 5.41) is 5.00. The zero-order valence-corrected chi connectivity index (χ0v) is 15.4. The van der Waals surface area contributed by atoms with E-state index in [9.17, 15) is 4.79 Å². The fourth-order valence-electron chi connectivity index (χ4n) is 3.32. The van der Waals surface area contributed by atoms with E-state index in [1.165, 1.54) is 38.7 Å². The van der Waals surface area contributed by atoms with E-state index in [2.05, 4.69) is 49.9 Å². The van der Waals surface area contributed by atoms with Crippen molar-refractivity contribution in [3.8, 4) is 5.75 Å². The zero-order valence-electron chi connectivity index (χ0n) is 15.4. The van der Waals surface area contributed by atoms with Crippen LogP contribution in [0.1, 0.15) is 24.0 Å². The van der Waals surface area contributed by atoms with E-state index in [-0.39, 0.29) is 5.97 Å². The van der Waals surface area contributed by atoms with Crippen molar-refractivity contribution < 1.29 is 14.3 Å². The molecule has 0 atom stereocenters. The third-order valence-corrected chi connectivity index (χ3v) is 4.70. The number of fused-ring (bicyclic) bond motifs is 3. The highest BCUT2D eigenvalue weighted by atomic mass is 16.5. The first-order chi connectivity index (χ1) is 12.6. The summed E-state index contributed by atoms with van der Waals surface area (Å²) in [6.07, 6.45) is 4.01. The summed E-state index contributed by atoms with van der Waals surface area (Å²) in [6, 6.07) is 15.2. The van der Waals surface area contributed by atoms with E-state index in [4.69, 9.17) is 9.47 Å². The second-order valence-electron chi connectivity index (χ2n) is 6.49. The SMILES string of the molecule is C=CC(=O)OCCCCc1ccc2c(c1)cc(C)c1cc(OC)ccc12. The standard InChI is InChI=1S/C23H24O3/c1-4-23(24)26-12-6-5-7-17-8-10-20-18(14-17)13-16(2)22-15-19(25-3)9-11-21(20)22/h4,8-11,13-15H,1,5-7,12H2,2-3H3. The highest BCUT2D eigenvalue weighted by Crippen LogP contribution is 2.31. The molecule has 0 bridgehead atoms. The van der Waals surface area contributed by atoms with E-state index in [1.807, 2.05) is 6.07 Å². The van der Waals surface area contributed by atoms with Crippen LogP contribution in [0.4, 0.5) is 0 Å². The highest BCUT2D eigenvalue weighted by molar-refractivity contribution is 6.09. The van der Waals surface area contributed by atoms with E-state index in [0.717, 1.165) is 25.0 Å². The number of benzene rings is 3. The van der Waals surface area contributed by atoms with Crippen molar-refractivity contribution in [1.29, 1.82) is 0 Å². The Bertz CT molecular complexity index is 956. The number of hydrogen-bond acceptors (Lipinski definition) is 3. The molecule has 0 spiro atoms. The van der Waals surface area contributed by atoms with Crippen molar-refractivity contribution in [1.82, 2.24) is 0 Å². The van der Waals surface area contributed by atoms with Crippen LogP contribution in [0.3, 0.4) is 0 Å². The monoisotopic (exact) mass is 348 g/mol. The summed E-state index contributed by atoms with van der Waals surface area (Å²) >= 11 is 0. The number of esters is 1. The quantitative estimate of drug-likeness (QED) is 0.249. The Morgan fingerprint density at radius 1 is 1.04 bits per heavy atom. The summed E-state index contributed by atoms with van der Waals surface area (Å²) in [6.45, 7) is 5.98. The van der Waals surface area contributed by atoms with Gasteiger partial charge in [0.15, 0.2) is 0 Å². The predicted octanol–water partition coefficient (Wildman–Crippen LogP) is 5.36. The molecule has 0 aliphatic carbocycles. The van der Waals surface area contributed by atoms with Gasteiger partial charge in [0.2, 0.25) is 0 Å². The average Bonchev–Trinajstić information content (AvgIpc) is 2.67. The fraction of sp³-hybridized carbons (Fsp3) is 0.261. The highest BCUT2D eigenvalue weighted by Gasteiger charge is 2.07. The molecule has 26 heavy (non-hydrogen) atoms. The number of unbranched alkanes of at least 4 members (excludes halogenated alkanes) is 1. The molecule has 3 nitrogen and oxygen atoms in total. The summed E-state index contributed by atoms with van der Waals surface area (Å²) < 4.78 is 10.4. The molecule has 3 aromatic rings. The molecule has 0 heterocycles. The van der Waals surface area contributed by atoms with Crippen molar-refractivity contribution in [2.45, 2.75) is 26.2 Å². The topological polar surface area (TPSA) is 35.5 Å². The number of aryl methyl sites for hydroxylation is 2. The van der Waals surface area contributed by atoms with Gasteiger partial charge in [0.25, 0.3) is 0 Å². The van der Waals surface area contributed by atoms with E-state index in [0.29, 0.717) is 6.61 Å². The van der Waals surface area contributed by atoms with Crippen LogP contribution in [-0.4, -0.2) is 19.7 Å². The number of carbonyl (C=O) groups is 1. The van der Waals surface area contributed by atoms with Gasteiger partial charge in [-0.2, -0.15) is 0 Å². The molecule has 0 saturated carbocycles. The van der Waals surface area contributed by atoms with Crippen LogP contribution in [0.15, 0.2) is 55.1 Å². The molecule has 3 rings (SSSR count). The molecular formula is C23H24O3. The Balaban J connectivity index is 1.77. The van der Waals surface area contributed by atoms with Crippen molar-refractivity contribution >= 4 is 27.5 Å². The molecule has 0 N–H and O–H groups in total. The maximum Gasteiger partial charge on any atom is 0.330 e. The number of hydrogen-bond donors (Lipinski definition) is 0. The van der Waals surface area contributed by atoms with Crippen LogP contribution in [0.5, 0.6) is 5.75 Å². The van der Waals surface area contributed by atoms with Gasteiger partial charge in [-0.1, -0.05) is 36.9 Å². The van der Waals surface area contributed by atoms with E-state index < -0.39 is 0 Å². The van der Waals surface area contributed by atoms with Gasteiger partial charge in [0.1, 0.15) is 5.75 Å². The van der Waals surface area contributed by atoms with Crippen LogP contribution in [0.2, 0.25) is 0 Å². The van der Waals surface area contributed by atoms with Gasteiger partial charge < -0.3 is 9.47 Å². The Hall–Kier alpha value is -2.81. The number of carbonyl (C=O) groups excluding carboxylic acids is 1. The molecule has 3 heteroatoms. The third-order valence-electron chi connectivity index (χ3n) is 4.70. The van der Waals surface area contributed by atoms with E-state index >= 15 is 0 Å². The van der Waals surface area contributed by atoms with Crippen molar-refractivity contribution in [2.24, 2.45) is 0 Å². The fourth-order valence-corrected chi connectivity index (χ4v) is 3.32. The maximum atomic E-state index is 11.0. The molecule has 0 aromatic heterocycles. The second-order valence-corrected chi connectivity index (χ2v) is 6.49. The first kappa shape index (κ1) is 18.0. The molecule has 0 unspecified atom stereocenters. The minimum atomic E-state index is -0.352. The summed E-state index contributed by atoms with van der Waals surface area (Å²) in [4.78, 5) is 11.0. The Morgan fingerprint density at radius 3 is 2.62 bits per heavy atom. The van der Waals surface area contributed by atoms with Gasteiger partial charge in [-0.25, -0.2) is 4.79 Å². The van der Waals surface area contributed by atoms with Crippen molar-refractivity contribution in [3.05, 3.63) is 66.2 Å². The molecule has 134 valence electrons. The minimum Gasteiger partial charge on any atom is -0.497 e. The lowest BCUT2D eigenvalue weighted by Crippen LogP contribution is -2.02. The minimum absolute atomic E-state index is 0.352. The third kappa shape index (κ3) is 3.88. The summed E-state index contributed by atoms with van der Waals surface area (Å²) in [5.41, 5.74) is 2.56. The van der Waals surface area contributed by atoms with Gasteiger partial charge in [-0.05, 0) is 71.0 Å². The normalized spacial score (nSPS) is 10.8. The second kappa shape index (κ2) is 8.05. The smallest absolute Gasteiger partial charge is 0.330 e. The Labute approximate surface area is 154 Å². The van der Waals surface area contributed by atoms with Crippen LogP contribution in [0.25, 0.3) is 21.5 Å². The first-order valence-corrected chi connectivity index (χ1v) is 8.91. The predicted molar refractivity (Wildman–Crippen MR) is 107 cm³/mol. The summed E-state index contributed by atoms with van der Waals surface area (Å²) in [5.74, 6) is 0.531. The lowest BCUT2D eigenvalue weighted by molar-refractivity contribution is -0.137. The molecule has 0 saturated heterocycles. The van der Waals surface area contributed by atoms with Gasteiger partial charge >= 0.3 is 5.97 Å². The molecular weight excluding hydrogens is 324 g/mol. The maximum absolute atomic E-state index is 11.0. The van der Waals surface area contributed by atoms with Gasteiger partial charge in [0.05, 0.1) is 13.7 Å². The first-order valence-electron chi connectivity index (χ1n) is 8.91. The van der Waals surface area contributed by atoms with Crippen LogP contribution >= 0.6 is 0 Å². The Kier molecular flexibility index (Phi) is 5.57. The van der Waals surface area contributed by atoms with Gasteiger partial charge in [-0.15, -0.1) is 0 Å². The molecule has 0 radical (unpaired) electrons. The number of ether oxygens (including phenoxy) is 2. The molecule has 0 amide bonds. The molecule has 3 aromatic carbocycles. The molecule has 0 aliphatic heterocycles. The van der Waals surface area contributed by atoms with E-state index in [1.54, 1.807) is 7.11 Å². The van der Waals surface area contributed by atoms with Gasteiger partial charge in [0, 0.05) is 6.08 Å². The lowest BCUT2D eigenvalue weighted by Gasteiger charge is -2.11. The van der Waals surface area contributed by atoms with Crippen molar-refractivity contribution in [3.63, 3.8) is 0 Å². The van der Waals surface area contributed by atoms with Crippen LogP contribution < -0.4 is 4.74 Å². The average molecular weight is 348 g/mol.